The molecule has 0 fully saturated rings. The van der Waals surface area contributed by atoms with E-state index in [0.717, 1.165) is 43.9 Å². The van der Waals surface area contributed by atoms with Gasteiger partial charge in [-0.25, -0.2) is 0 Å². The maximum atomic E-state index is 6.14. The van der Waals surface area contributed by atoms with Crippen LogP contribution in [0.25, 0.3) is 98.4 Å². The summed E-state index contributed by atoms with van der Waals surface area (Å²) in [6.07, 6.45) is 0. The Bertz CT molecular complexity index is 2930. The van der Waals surface area contributed by atoms with Gasteiger partial charge in [-0.2, -0.15) is 0 Å². The molecule has 8 aromatic carbocycles. The molecule has 0 unspecified atom stereocenters. The number of fused-ring (bicyclic) bond motifs is 12. The summed E-state index contributed by atoms with van der Waals surface area (Å²) < 4.78 is 12.3. The van der Waals surface area contributed by atoms with Crippen molar-refractivity contribution in [3.05, 3.63) is 145 Å². The van der Waals surface area contributed by atoms with Crippen molar-refractivity contribution >= 4 is 76.2 Å². The first kappa shape index (κ1) is 27.3. The van der Waals surface area contributed by atoms with Crippen LogP contribution in [0, 0.1) is 0 Å². The minimum absolute atomic E-state index is 0.0328. The standard InChI is InChI=1S/C46H32O2/c1-46(2,3)31-16-19-34-37-22-27(29-14-20-44-40(24-29)35-8-4-6-10-42(35)47-44)12-17-32(37)33-18-13-28(23-38(33)39(34)26-31)30-15-21-45-41(25-30)36-9-5-7-11-43(36)48-45/h4-26H,1-3H3. The average Bonchev–Trinajstić information content (AvgIpc) is 3.68. The summed E-state index contributed by atoms with van der Waals surface area (Å²) >= 11 is 0. The highest BCUT2D eigenvalue weighted by atomic mass is 16.3. The zero-order valence-electron chi connectivity index (χ0n) is 27.1. The van der Waals surface area contributed by atoms with Gasteiger partial charge in [0.05, 0.1) is 0 Å². The van der Waals surface area contributed by atoms with Crippen LogP contribution in [0.1, 0.15) is 26.3 Å². The summed E-state index contributed by atoms with van der Waals surface area (Å²) in [5.74, 6) is 0. The molecule has 10 aromatic rings. The number of rotatable bonds is 2. The molecule has 48 heavy (non-hydrogen) atoms. The van der Waals surface area contributed by atoms with E-state index in [9.17, 15) is 0 Å². The van der Waals surface area contributed by atoms with Gasteiger partial charge in [0.25, 0.3) is 0 Å². The van der Waals surface area contributed by atoms with Crippen LogP contribution < -0.4 is 0 Å². The van der Waals surface area contributed by atoms with E-state index in [0.29, 0.717) is 0 Å². The Hall–Kier alpha value is -5.86. The molecule has 0 spiro atoms. The van der Waals surface area contributed by atoms with Gasteiger partial charge in [0, 0.05) is 21.5 Å². The highest BCUT2D eigenvalue weighted by Gasteiger charge is 2.18. The Balaban J connectivity index is 1.20. The molecule has 0 atom stereocenters. The van der Waals surface area contributed by atoms with E-state index >= 15 is 0 Å². The van der Waals surface area contributed by atoms with Crippen molar-refractivity contribution in [3.8, 4) is 22.3 Å². The highest BCUT2D eigenvalue weighted by Crippen LogP contribution is 2.42. The lowest BCUT2D eigenvalue weighted by Gasteiger charge is -2.21. The summed E-state index contributed by atoms with van der Waals surface area (Å²) in [5, 5.41) is 12.2. The molecule has 2 nitrogen and oxygen atoms in total. The zero-order chi connectivity index (χ0) is 32.1. The van der Waals surface area contributed by atoms with Crippen LogP contribution in [0.3, 0.4) is 0 Å². The molecule has 0 saturated carbocycles. The van der Waals surface area contributed by atoms with Crippen LogP contribution >= 0.6 is 0 Å². The molecule has 0 aliphatic carbocycles. The molecule has 0 aliphatic rings. The van der Waals surface area contributed by atoms with Crippen LogP contribution in [0.5, 0.6) is 0 Å². The monoisotopic (exact) mass is 616 g/mol. The van der Waals surface area contributed by atoms with Crippen molar-refractivity contribution in [1.29, 1.82) is 0 Å². The molecule has 2 heteroatoms. The second-order valence-corrected chi connectivity index (χ2v) is 14.1. The minimum atomic E-state index is 0.0328. The third kappa shape index (κ3) is 4.06. The number of para-hydroxylation sites is 2. The maximum Gasteiger partial charge on any atom is 0.135 e. The Morgan fingerprint density at radius 1 is 0.312 bits per heavy atom. The van der Waals surface area contributed by atoms with Crippen molar-refractivity contribution in [3.63, 3.8) is 0 Å². The summed E-state index contributed by atoms with van der Waals surface area (Å²) in [4.78, 5) is 0. The molecule has 0 radical (unpaired) electrons. The molecule has 0 aliphatic heterocycles. The van der Waals surface area contributed by atoms with Gasteiger partial charge in [0.2, 0.25) is 0 Å². The molecular weight excluding hydrogens is 585 g/mol. The topological polar surface area (TPSA) is 26.3 Å². The van der Waals surface area contributed by atoms with Crippen molar-refractivity contribution in [2.75, 3.05) is 0 Å². The first-order valence-corrected chi connectivity index (χ1v) is 16.7. The van der Waals surface area contributed by atoms with Crippen molar-refractivity contribution < 1.29 is 8.83 Å². The van der Waals surface area contributed by atoms with Gasteiger partial charge in [-0.1, -0.05) is 106 Å². The zero-order valence-corrected chi connectivity index (χ0v) is 27.1. The van der Waals surface area contributed by atoms with Crippen LogP contribution in [0.15, 0.2) is 148 Å². The quantitative estimate of drug-likeness (QED) is 0.181. The first-order chi connectivity index (χ1) is 23.4. The Morgan fingerprint density at radius 3 is 1.21 bits per heavy atom. The van der Waals surface area contributed by atoms with Crippen molar-refractivity contribution in [2.24, 2.45) is 0 Å². The van der Waals surface area contributed by atoms with Crippen LogP contribution in [-0.2, 0) is 5.41 Å². The SMILES string of the molecule is CC(C)(C)c1ccc2c3cc(-c4ccc5oc6ccccc6c5c4)ccc3c3ccc(-c4ccc5oc6ccccc6c5c4)cc3c2c1. The van der Waals surface area contributed by atoms with E-state index in [4.69, 9.17) is 8.83 Å². The van der Waals surface area contributed by atoms with Gasteiger partial charge in [0.1, 0.15) is 22.3 Å². The van der Waals surface area contributed by atoms with E-state index < -0.39 is 0 Å². The predicted octanol–water partition coefficient (Wildman–Crippen LogP) is 13.6. The normalized spacial score (nSPS) is 12.5. The lowest BCUT2D eigenvalue weighted by atomic mass is 9.83. The third-order valence-electron chi connectivity index (χ3n) is 10.2. The lowest BCUT2D eigenvalue weighted by molar-refractivity contribution is 0.591. The second kappa shape index (κ2) is 9.82. The molecule has 0 bridgehead atoms. The van der Waals surface area contributed by atoms with Gasteiger partial charge in [-0.15, -0.1) is 0 Å². The summed E-state index contributed by atoms with van der Waals surface area (Å²) in [6, 6.07) is 50.7. The van der Waals surface area contributed by atoms with E-state index in [-0.39, 0.29) is 5.41 Å². The molecule has 0 saturated heterocycles. The van der Waals surface area contributed by atoms with Crippen molar-refractivity contribution in [2.45, 2.75) is 26.2 Å². The second-order valence-electron chi connectivity index (χ2n) is 14.1. The molecule has 0 amide bonds. The highest BCUT2D eigenvalue weighted by molar-refractivity contribution is 6.26. The lowest BCUT2D eigenvalue weighted by Crippen LogP contribution is -2.10. The van der Waals surface area contributed by atoms with E-state index in [1.165, 1.54) is 60.1 Å². The van der Waals surface area contributed by atoms with Crippen molar-refractivity contribution in [1.82, 2.24) is 0 Å². The number of hydrogen-bond acceptors (Lipinski definition) is 2. The average molecular weight is 617 g/mol. The van der Waals surface area contributed by atoms with Gasteiger partial charge < -0.3 is 8.83 Å². The molecule has 0 N–H and O–H groups in total. The van der Waals surface area contributed by atoms with E-state index in [1.807, 2.05) is 24.3 Å². The van der Waals surface area contributed by atoms with Gasteiger partial charge in [0.15, 0.2) is 0 Å². The predicted molar refractivity (Wildman–Crippen MR) is 203 cm³/mol. The van der Waals surface area contributed by atoms with Crippen LogP contribution in [-0.4, -0.2) is 0 Å². The fourth-order valence-corrected chi connectivity index (χ4v) is 7.64. The Morgan fingerprint density at radius 2 is 0.688 bits per heavy atom. The Kier molecular flexibility index (Phi) is 5.58. The van der Waals surface area contributed by atoms with Gasteiger partial charge >= 0.3 is 0 Å². The summed E-state index contributed by atoms with van der Waals surface area (Å²) in [6.45, 7) is 6.88. The fraction of sp³-hybridized carbons (Fsp3) is 0.0870. The number of furan rings is 2. The molecule has 2 heterocycles. The van der Waals surface area contributed by atoms with Crippen LogP contribution in [0.4, 0.5) is 0 Å². The maximum absolute atomic E-state index is 6.14. The number of benzene rings is 8. The van der Waals surface area contributed by atoms with Gasteiger partial charge in [-0.05, 0) is 120 Å². The Labute approximate surface area is 277 Å². The third-order valence-corrected chi connectivity index (χ3v) is 10.2. The summed E-state index contributed by atoms with van der Waals surface area (Å²) in [7, 11) is 0. The summed E-state index contributed by atoms with van der Waals surface area (Å²) in [5.41, 5.74) is 9.83. The largest absolute Gasteiger partial charge is 0.456 e. The minimum Gasteiger partial charge on any atom is -0.456 e. The van der Waals surface area contributed by atoms with E-state index in [2.05, 4.69) is 136 Å². The first-order valence-electron chi connectivity index (χ1n) is 16.7. The number of hydrogen-bond donors (Lipinski definition) is 0. The molecule has 2 aromatic heterocycles. The molecular formula is C46H32O2. The van der Waals surface area contributed by atoms with Gasteiger partial charge in [-0.3, -0.25) is 0 Å². The smallest absolute Gasteiger partial charge is 0.135 e. The molecule has 10 rings (SSSR count). The fourth-order valence-electron chi connectivity index (χ4n) is 7.64. The molecule has 228 valence electrons. The van der Waals surface area contributed by atoms with Crippen LogP contribution in [0.2, 0.25) is 0 Å². The van der Waals surface area contributed by atoms with E-state index in [1.54, 1.807) is 0 Å².